The molecular formula is C12H13NO3S. The van der Waals surface area contributed by atoms with Gasteiger partial charge >= 0.3 is 5.97 Å². The number of thioether (sulfide) groups is 1. The zero-order valence-electron chi connectivity index (χ0n) is 9.18. The monoisotopic (exact) mass is 251 g/mol. The summed E-state index contributed by atoms with van der Waals surface area (Å²) in [5.41, 5.74) is 2.31. The smallest absolute Gasteiger partial charge is 0.321 e. The molecule has 2 aliphatic heterocycles. The molecule has 0 amide bonds. The molecule has 1 aromatic rings. The first-order chi connectivity index (χ1) is 8.21. The Hall–Kier alpha value is -1.04. The molecule has 0 saturated carbocycles. The van der Waals surface area contributed by atoms with E-state index in [1.165, 1.54) is 5.56 Å². The first-order valence-corrected chi connectivity index (χ1v) is 6.50. The lowest BCUT2D eigenvalue weighted by molar-refractivity contribution is -0.139. The first-order valence-electron chi connectivity index (χ1n) is 5.52. The number of hydrogen-bond donors (Lipinski definition) is 2. The molecule has 2 heterocycles. The van der Waals surface area contributed by atoms with E-state index in [0.29, 0.717) is 19.0 Å². The van der Waals surface area contributed by atoms with Gasteiger partial charge in [0.1, 0.15) is 10.9 Å². The molecule has 2 aliphatic rings. The summed E-state index contributed by atoms with van der Waals surface area (Å²) in [6.45, 7) is 1.14. The van der Waals surface area contributed by atoms with E-state index in [0.717, 1.165) is 5.56 Å². The second-order valence-corrected chi connectivity index (χ2v) is 5.64. The van der Waals surface area contributed by atoms with Gasteiger partial charge in [0.05, 0.1) is 13.2 Å². The Morgan fingerprint density at radius 3 is 3.12 bits per heavy atom. The lowest BCUT2D eigenvalue weighted by Gasteiger charge is -2.35. The van der Waals surface area contributed by atoms with Gasteiger partial charge in [0.2, 0.25) is 0 Å². The van der Waals surface area contributed by atoms with Gasteiger partial charge in [0, 0.05) is 5.75 Å². The maximum atomic E-state index is 11.0. The second kappa shape index (κ2) is 4.01. The fourth-order valence-corrected chi connectivity index (χ4v) is 3.81. The minimum absolute atomic E-state index is 0.377. The lowest BCUT2D eigenvalue weighted by atomic mass is 9.98. The molecule has 3 rings (SSSR count). The van der Waals surface area contributed by atoms with Gasteiger partial charge in [0.25, 0.3) is 0 Å². The number of carbonyl (C=O) groups is 1. The number of rotatable bonds is 1. The Bertz CT molecular complexity index is 465. The zero-order chi connectivity index (χ0) is 11.9. The highest BCUT2D eigenvalue weighted by molar-refractivity contribution is 8.00. The van der Waals surface area contributed by atoms with Crippen molar-refractivity contribution >= 4 is 17.7 Å². The van der Waals surface area contributed by atoms with Crippen LogP contribution >= 0.6 is 11.8 Å². The SMILES string of the molecule is O=C(O)C1CSC2(COCc3ccccc32)N1. The van der Waals surface area contributed by atoms with Crippen LogP contribution < -0.4 is 5.32 Å². The van der Waals surface area contributed by atoms with Crippen LogP contribution in [0, 0.1) is 0 Å². The summed E-state index contributed by atoms with van der Waals surface area (Å²) in [4.78, 5) is 10.6. The molecule has 0 bridgehead atoms. The fraction of sp³-hybridized carbons (Fsp3) is 0.417. The Labute approximate surface area is 103 Å². The van der Waals surface area contributed by atoms with Gasteiger partial charge in [0.15, 0.2) is 0 Å². The van der Waals surface area contributed by atoms with Crippen LogP contribution in [0.25, 0.3) is 0 Å². The van der Waals surface area contributed by atoms with Crippen LogP contribution in [0.1, 0.15) is 11.1 Å². The number of nitrogens with one attached hydrogen (secondary N) is 1. The van der Waals surface area contributed by atoms with E-state index >= 15 is 0 Å². The maximum Gasteiger partial charge on any atom is 0.321 e. The molecule has 0 radical (unpaired) electrons. The minimum Gasteiger partial charge on any atom is -0.480 e. The highest BCUT2D eigenvalue weighted by atomic mass is 32.2. The highest BCUT2D eigenvalue weighted by Gasteiger charge is 2.46. The first kappa shape index (κ1) is 11.1. The van der Waals surface area contributed by atoms with E-state index < -0.39 is 12.0 Å². The molecule has 2 atom stereocenters. The minimum atomic E-state index is -0.794. The van der Waals surface area contributed by atoms with Crippen molar-refractivity contribution in [2.45, 2.75) is 17.5 Å². The van der Waals surface area contributed by atoms with Gasteiger partial charge in [-0.2, -0.15) is 0 Å². The molecule has 90 valence electrons. The van der Waals surface area contributed by atoms with Crippen molar-refractivity contribution in [3.8, 4) is 0 Å². The molecular weight excluding hydrogens is 238 g/mol. The summed E-state index contributed by atoms with van der Waals surface area (Å²) in [5, 5.41) is 12.3. The Kier molecular flexibility index (Phi) is 2.61. The van der Waals surface area contributed by atoms with Crippen LogP contribution in [0.3, 0.4) is 0 Å². The van der Waals surface area contributed by atoms with Crippen molar-refractivity contribution < 1.29 is 14.6 Å². The lowest BCUT2D eigenvalue weighted by Crippen LogP contribution is -2.48. The van der Waals surface area contributed by atoms with Gasteiger partial charge < -0.3 is 9.84 Å². The zero-order valence-corrected chi connectivity index (χ0v) is 10.00. The molecule has 1 saturated heterocycles. The summed E-state index contributed by atoms with van der Waals surface area (Å²) in [6.07, 6.45) is 0. The van der Waals surface area contributed by atoms with Crippen molar-refractivity contribution in [1.29, 1.82) is 0 Å². The highest BCUT2D eigenvalue weighted by Crippen LogP contribution is 2.43. The molecule has 2 unspecified atom stereocenters. The van der Waals surface area contributed by atoms with Crippen molar-refractivity contribution in [1.82, 2.24) is 5.32 Å². The number of fused-ring (bicyclic) bond motifs is 2. The molecule has 5 heteroatoms. The molecule has 1 fully saturated rings. The topological polar surface area (TPSA) is 58.6 Å². The second-order valence-electron chi connectivity index (χ2n) is 4.32. The number of aliphatic carboxylic acids is 1. The normalized spacial score (nSPS) is 31.4. The predicted molar refractivity (Wildman–Crippen MR) is 64.8 cm³/mol. The summed E-state index contributed by atoms with van der Waals surface area (Å²) in [7, 11) is 0. The van der Waals surface area contributed by atoms with Crippen LogP contribution in [0.15, 0.2) is 24.3 Å². The molecule has 2 N–H and O–H groups in total. The number of carboxylic acid groups (broad SMARTS) is 1. The van der Waals surface area contributed by atoms with Crippen LogP contribution in [0.2, 0.25) is 0 Å². The molecule has 1 aromatic carbocycles. The number of carboxylic acids is 1. The van der Waals surface area contributed by atoms with E-state index in [9.17, 15) is 4.79 Å². The predicted octanol–water partition coefficient (Wildman–Crippen LogP) is 1.16. The quantitative estimate of drug-likeness (QED) is 0.784. The fourth-order valence-electron chi connectivity index (χ4n) is 2.38. The molecule has 17 heavy (non-hydrogen) atoms. The standard InChI is InChI=1S/C12H13NO3S/c14-11(15)10-6-17-12(13-10)7-16-5-8-3-1-2-4-9(8)12/h1-4,10,13H,5-7H2,(H,14,15). The van der Waals surface area contributed by atoms with E-state index in [4.69, 9.17) is 9.84 Å². The third kappa shape index (κ3) is 1.74. The summed E-state index contributed by atoms with van der Waals surface area (Å²) >= 11 is 1.63. The van der Waals surface area contributed by atoms with Crippen LogP contribution in [-0.4, -0.2) is 29.5 Å². The van der Waals surface area contributed by atoms with Gasteiger partial charge in [-0.15, -0.1) is 11.8 Å². The maximum absolute atomic E-state index is 11.0. The molecule has 0 aliphatic carbocycles. The van der Waals surface area contributed by atoms with Crippen LogP contribution in [0.4, 0.5) is 0 Å². The van der Waals surface area contributed by atoms with E-state index in [1.807, 2.05) is 18.2 Å². The molecule has 1 spiro atoms. The summed E-state index contributed by atoms with van der Waals surface area (Å²) < 4.78 is 5.59. The van der Waals surface area contributed by atoms with Crippen LogP contribution in [0.5, 0.6) is 0 Å². The van der Waals surface area contributed by atoms with Crippen molar-refractivity contribution in [2.24, 2.45) is 0 Å². The number of ether oxygens (including phenoxy) is 1. The average Bonchev–Trinajstić information content (AvgIpc) is 2.75. The largest absolute Gasteiger partial charge is 0.480 e. The van der Waals surface area contributed by atoms with E-state index in [-0.39, 0.29) is 4.87 Å². The number of hydrogen-bond acceptors (Lipinski definition) is 4. The average molecular weight is 251 g/mol. The van der Waals surface area contributed by atoms with Gasteiger partial charge in [-0.3, -0.25) is 10.1 Å². The Morgan fingerprint density at radius 1 is 1.53 bits per heavy atom. The summed E-state index contributed by atoms with van der Waals surface area (Å²) in [6, 6.07) is 7.57. The van der Waals surface area contributed by atoms with Gasteiger partial charge in [-0.25, -0.2) is 0 Å². The van der Waals surface area contributed by atoms with Gasteiger partial charge in [-0.1, -0.05) is 24.3 Å². The van der Waals surface area contributed by atoms with Crippen LogP contribution in [-0.2, 0) is 21.0 Å². The van der Waals surface area contributed by atoms with E-state index in [1.54, 1.807) is 11.8 Å². The molecule has 4 nitrogen and oxygen atoms in total. The van der Waals surface area contributed by atoms with Crippen molar-refractivity contribution in [2.75, 3.05) is 12.4 Å². The Morgan fingerprint density at radius 2 is 2.35 bits per heavy atom. The third-order valence-electron chi connectivity index (χ3n) is 3.22. The van der Waals surface area contributed by atoms with Gasteiger partial charge in [-0.05, 0) is 11.1 Å². The van der Waals surface area contributed by atoms with E-state index in [2.05, 4.69) is 11.4 Å². The number of benzene rings is 1. The van der Waals surface area contributed by atoms with Crippen molar-refractivity contribution in [3.63, 3.8) is 0 Å². The third-order valence-corrected chi connectivity index (χ3v) is 4.67. The Balaban J connectivity index is 1.98. The van der Waals surface area contributed by atoms with Crippen molar-refractivity contribution in [3.05, 3.63) is 35.4 Å². The molecule has 0 aromatic heterocycles. The summed E-state index contributed by atoms with van der Waals surface area (Å²) in [5.74, 6) is -0.218.